The lowest BCUT2D eigenvalue weighted by molar-refractivity contribution is -0.686. The first-order valence-electron chi connectivity index (χ1n) is 9.49. The van der Waals surface area contributed by atoms with E-state index >= 15 is 0 Å². The van der Waals surface area contributed by atoms with Crippen LogP contribution < -0.4 is 0 Å². The van der Waals surface area contributed by atoms with Gasteiger partial charge in [0.25, 0.3) is 0 Å². The van der Waals surface area contributed by atoms with E-state index in [4.69, 9.17) is 0 Å². The van der Waals surface area contributed by atoms with Gasteiger partial charge in [0.05, 0.1) is 13.1 Å². The van der Waals surface area contributed by atoms with E-state index in [9.17, 15) is 4.79 Å². The molecule has 6 nitrogen and oxygen atoms in total. The van der Waals surface area contributed by atoms with Crippen LogP contribution in [0.5, 0.6) is 0 Å². The van der Waals surface area contributed by atoms with Crippen LogP contribution in [-0.2, 0) is 0 Å². The summed E-state index contributed by atoms with van der Waals surface area (Å²) >= 11 is 0. The van der Waals surface area contributed by atoms with E-state index in [0.717, 1.165) is 58.0 Å². The maximum Gasteiger partial charge on any atom is 0.319 e. The minimum atomic E-state index is 0.151. The molecule has 0 N–H and O–H groups in total. The molecule has 0 unspecified atom stereocenters. The molecule has 3 aliphatic rings. The van der Waals surface area contributed by atoms with Gasteiger partial charge in [-0.25, -0.2) is 4.79 Å². The van der Waals surface area contributed by atoms with Crippen molar-refractivity contribution in [2.75, 3.05) is 59.9 Å². The number of rotatable bonds is 4. The fourth-order valence-corrected chi connectivity index (χ4v) is 4.20. The maximum atomic E-state index is 12.3. The predicted molar refractivity (Wildman–Crippen MR) is 96.4 cm³/mol. The van der Waals surface area contributed by atoms with Gasteiger partial charge in [0, 0.05) is 45.8 Å². The molecule has 24 heavy (non-hydrogen) atoms. The Morgan fingerprint density at radius 3 is 2.42 bits per heavy atom. The molecule has 1 aliphatic carbocycles. The molecule has 1 spiro atoms. The lowest BCUT2D eigenvalue weighted by Gasteiger charge is -2.53. The largest absolute Gasteiger partial charge is 0.331 e. The summed E-state index contributed by atoms with van der Waals surface area (Å²) in [6.45, 7) is 13.6. The molecule has 2 saturated heterocycles. The summed E-state index contributed by atoms with van der Waals surface area (Å²) in [6.07, 6.45) is 4.95. The van der Waals surface area contributed by atoms with Crippen LogP contribution in [0.3, 0.4) is 0 Å². The van der Waals surface area contributed by atoms with Gasteiger partial charge in [-0.05, 0) is 38.5 Å². The smallest absolute Gasteiger partial charge is 0.319 e. The van der Waals surface area contributed by atoms with E-state index < -0.39 is 0 Å². The fraction of sp³-hybridized carbons (Fsp3) is 0.889. The van der Waals surface area contributed by atoms with Crippen LogP contribution in [0.15, 0.2) is 0 Å². The molecule has 0 atom stereocenters. The highest BCUT2D eigenvalue weighted by atomic mass is 16.2. The number of hydrogen-bond acceptors (Lipinski definition) is 3. The standard InChI is InChI=1S/C18H34N5O/c1-5-20(4)23-13-12-22(14-16-6-7-16)18(15-23)8-10-21(11-9-18)17(24)19(2)3/h16H,4-15H2,1-3H3/q+1. The molecule has 3 fully saturated rings. The van der Waals surface area contributed by atoms with Crippen molar-refractivity contribution in [3.63, 3.8) is 0 Å². The normalized spacial score (nSPS) is 24.3. The monoisotopic (exact) mass is 336 g/mol. The predicted octanol–water partition coefficient (Wildman–Crippen LogP) is 1.18. The van der Waals surface area contributed by atoms with Gasteiger partial charge in [-0.1, -0.05) is 0 Å². The average Bonchev–Trinajstić information content (AvgIpc) is 3.40. The number of hydrogen-bond donors (Lipinski definition) is 0. The van der Waals surface area contributed by atoms with Crippen molar-refractivity contribution < 1.29 is 9.48 Å². The first-order valence-corrected chi connectivity index (χ1v) is 9.49. The average molecular weight is 337 g/mol. The lowest BCUT2D eigenvalue weighted by atomic mass is 9.83. The maximum absolute atomic E-state index is 12.3. The van der Waals surface area contributed by atoms with Gasteiger partial charge in [-0.2, -0.15) is 5.01 Å². The zero-order valence-electron chi connectivity index (χ0n) is 15.7. The first kappa shape index (κ1) is 17.5. The molecule has 6 heteroatoms. The van der Waals surface area contributed by atoms with E-state index in [-0.39, 0.29) is 11.6 Å². The van der Waals surface area contributed by atoms with Crippen LogP contribution in [0.2, 0.25) is 0 Å². The Morgan fingerprint density at radius 1 is 1.21 bits per heavy atom. The second-order valence-electron chi connectivity index (χ2n) is 7.99. The number of urea groups is 1. The Hall–Kier alpha value is -1.30. The van der Waals surface area contributed by atoms with Crippen molar-refractivity contribution in [1.29, 1.82) is 0 Å². The Labute approximate surface area is 146 Å². The van der Waals surface area contributed by atoms with Crippen molar-refractivity contribution >= 4 is 12.7 Å². The molecule has 0 bridgehead atoms. The molecule has 0 radical (unpaired) electrons. The van der Waals surface area contributed by atoms with Crippen LogP contribution >= 0.6 is 0 Å². The Kier molecular flexibility index (Phi) is 5.04. The summed E-state index contributed by atoms with van der Waals surface area (Å²) in [5, 5.41) is 2.42. The van der Waals surface area contributed by atoms with E-state index in [1.165, 1.54) is 19.4 Å². The number of amides is 2. The molecule has 2 amide bonds. The van der Waals surface area contributed by atoms with Gasteiger partial charge >= 0.3 is 6.03 Å². The van der Waals surface area contributed by atoms with Gasteiger partial charge in [0.2, 0.25) is 0 Å². The fourth-order valence-electron chi connectivity index (χ4n) is 4.20. The second-order valence-corrected chi connectivity index (χ2v) is 7.99. The van der Waals surface area contributed by atoms with Crippen molar-refractivity contribution in [2.24, 2.45) is 5.92 Å². The molecule has 3 rings (SSSR count). The molecule has 0 aromatic heterocycles. The number of carbonyl (C=O) groups excluding carboxylic acids is 1. The van der Waals surface area contributed by atoms with Gasteiger partial charge in [-0.15, -0.1) is 4.68 Å². The van der Waals surface area contributed by atoms with E-state index in [1.807, 2.05) is 19.0 Å². The van der Waals surface area contributed by atoms with Gasteiger partial charge in [0.1, 0.15) is 0 Å². The number of piperidine rings is 1. The van der Waals surface area contributed by atoms with E-state index in [1.54, 1.807) is 4.90 Å². The lowest BCUT2D eigenvalue weighted by Crippen LogP contribution is -2.67. The minimum Gasteiger partial charge on any atom is -0.331 e. The van der Waals surface area contributed by atoms with E-state index in [0.29, 0.717) is 0 Å². The van der Waals surface area contributed by atoms with E-state index in [2.05, 4.69) is 28.2 Å². The zero-order chi connectivity index (χ0) is 17.3. The topological polar surface area (TPSA) is 33.0 Å². The third-order valence-electron chi connectivity index (χ3n) is 6.06. The van der Waals surface area contributed by atoms with Gasteiger partial charge < -0.3 is 9.80 Å². The summed E-state index contributed by atoms with van der Waals surface area (Å²) in [6, 6.07) is 0.151. The molecular formula is C18H34N5O+. The van der Waals surface area contributed by atoms with Crippen LogP contribution in [-0.4, -0.2) is 103 Å². The highest BCUT2D eigenvalue weighted by Gasteiger charge is 2.47. The van der Waals surface area contributed by atoms with Crippen molar-refractivity contribution in [2.45, 2.75) is 38.1 Å². The Morgan fingerprint density at radius 2 is 1.88 bits per heavy atom. The van der Waals surface area contributed by atoms with Crippen LogP contribution in [0.25, 0.3) is 0 Å². The summed E-state index contributed by atoms with van der Waals surface area (Å²) in [4.78, 5) is 18.7. The highest BCUT2D eigenvalue weighted by molar-refractivity contribution is 5.73. The van der Waals surface area contributed by atoms with Gasteiger partial charge in [0.15, 0.2) is 13.3 Å². The van der Waals surface area contributed by atoms with Crippen molar-refractivity contribution in [1.82, 2.24) is 19.7 Å². The summed E-state index contributed by atoms with van der Waals surface area (Å²) in [5.41, 5.74) is 0.217. The summed E-state index contributed by atoms with van der Waals surface area (Å²) in [7, 11) is 3.69. The van der Waals surface area contributed by atoms with Crippen LogP contribution in [0.1, 0.15) is 32.6 Å². The summed E-state index contributed by atoms with van der Waals surface area (Å²) < 4.78 is 2.12. The number of carbonyl (C=O) groups is 1. The number of likely N-dealkylation sites (tertiary alicyclic amines) is 1. The number of hydrazone groups is 1. The second kappa shape index (κ2) is 6.90. The van der Waals surface area contributed by atoms with Gasteiger partial charge in [-0.3, -0.25) is 4.90 Å². The molecule has 0 aromatic carbocycles. The molecular weight excluding hydrogens is 302 g/mol. The third-order valence-corrected chi connectivity index (χ3v) is 6.06. The Bertz CT molecular complexity index is 480. The molecule has 0 aromatic rings. The summed E-state index contributed by atoms with van der Waals surface area (Å²) in [5.74, 6) is 0.914. The highest BCUT2D eigenvalue weighted by Crippen LogP contribution is 2.38. The third kappa shape index (κ3) is 3.53. The molecule has 136 valence electrons. The number of nitrogens with zero attached hydrogens (tertiary/aromatic N) is 5. The van der Waals surface area contributed by atoms with Crippen molar-refractivity contribution in [3.8, 4) is 0 Å². The SMILES string of the molecule is C=[N+](CC)N1CCN(CC2CC2)C2(CCN(C(=O)N(C)C)CC2)C1. The molecule has 1 saturated carbocycles. The minimum absolute atomic E-state index is 0.151. The zero-order valence-corrected chi connectivity index (χ0v) is 15.7. The molecule has 2 aliphatic heterocycles. The van der Waals surface area contributed by atoms with Crippen LogP contribution in [0.4, 0.5) is 4.79 Å². The first-order chi connectivity index (χ1) is 11.4. The quantitative estimate of drug-likeness (QED) is 0.571. The van der Waals surface area contributed by atoms with Crippen LogP contribution in [0, 0.1) is 5.92 Å². The number of hydrazine groups is 1. The molecule has 2 heterocycles. The Balaban J connectivity index is 1.70. The van der Waals surface area contributed by atoms with Crippen molar-refractivity contribution in [3.05, 3.63) is 0 Å². The number of piperazine rings is 1.